The molecule has 0 bridgehead atoms. The second-order valence-corrected chi connectivity index (χ2v) is 3.33. The monoisotopic (exact) mass is 176 g/mol. The number of nitriles is 1. The summed E-state index contributed by atoms with van der Waals surface area (Å²) >= 11 is 0. The van der Waals surface area contributed by atoms with Crippen LogP contribution in [-0.2, 0) is 5.41 Å². The zero-order valence-electron chi connectivity index (χ0n) is 8.03. The molecule has 0 N–H and O–H groups in total. The van der Waals surface area contributed by atoms with Gasteiger partial charge in [0.05, 0.1) is 18.6 Å². The SMILES string of the molecule is COc1ccc(C(C)(C)C#N)cn1. The van der Waals surface area contributed by atoms with Crippen LogP contribution in [0.15, 0.2) is 18.3 Å². The van der Waals surface area contributed by atoms with Crippen LogP contribution < -0.4 is 4.74 Å². The summed E-state index contributed by atoms with van der Waals surface area (Å²) in [5.74, 6) is 0.567. The van der Waals surface area contributed by atoms with E-state index in [0.717, 1.165) is 5.56 Å². The van der Waals surface area contributed by atoms with Gasteiger partial charge in [0.1, 0.15) is 0 Å². The molecule has 68 valence electrons. The zero-order valence-corrected chi connectivity index (χ0v) is 8.03. The van der Waals surface area contributed by atoms with Crippen LogP contribution in [0.25, 0.3) is 0 Å². The largest absolute Gasteiger partial charge is 0.481 e. The Hall–Kier alpha value is -1.56. The van der Waals surface area contributed by atoms with Crippen LogP contribution in [0.3, 0.4) is 0 Å². The molecule has 0 aliphatic heterocycles. The van der Waals surface area contributed by atoms with Crippen LogP contribution in [0.5, 0.6) is 5.88 Å². The van der Waals surface area contributed by atoms with Crippen molar-refractivity contribution in [2.24, 2.45) is 0 Å². The van der Waals surface area contributed by atoms with Crippen LogP contribution in [0.1, 0.15) is 19.4 Å². The fourth-order valence-electron chi connectivity index (χ4n) is 0.935. The number of rotatable bonds is 2. The van der Waals surface area contributed by atoms with Crippen molar-refractivity contribution in [2.45, 2.75) is 19.3 Å². The minimum Gasteiger partial charge on any atom is -0.481 e. The number of aromatic nitrogens is 1. The third-order valence-electron chi connectivity index (χ3n) is 1.95. The van der Waals surface area contributed by atoms with Crippen LogP contribution >= 0.6 is 0 Å². The lowest BCUT2D eigenvalue weighted by molar-refractivity contribution is 0.397. The average Bonchev–Trinajstić information content (AvgIpc) is 2.18. The molecule has 1 aromatic rings. The molecular weight excluding hydrogens is 164 g/mol. The minimum absolute atomic E-state index is 0.487. The minimum atomic E-state index is -0.487. The lowest BCUT2D eigenvalue weighted by atomic mass is 9.88. The first-order valence-corrected chi connectivity index (χ1v) is 4.02. The maximum atomic E-state index is 8.86. The molecule has 3 nitrogen and oxygen atoms in total. The van der Waals surface area contributed by atoms with E-state index in [1.165, 1.54) is 0 Å². The summed E-state index contributed by atoms with van der Waals surface area (Å²) in [5.41, 5.74) is 0.412. The van der Waals surface area contributed by atoms with E-state index in [1.54, 1.807) is 19.4 Å². The number of methoxy groups -OCH3 is 1. The summed E-state index contributed by atoms with van der Waals surface area (Å²) in [6, 6.07) is 5.83. The molecule has 0 amide bonds. The highest BCUT2D eigenvalue weighted by Gasteiger charge is 2.19. The highest BCUT2D eigenvalue weighted by Crippen LogP contribution is 2.22. The predicted octanol–water partition coefficient (Wildman–Crippen LogP) is 1.89. The van der Waals surface area contributed by atoms with Gasteiger partial charge in [-0.2, -0.15) is 5.26 Å². The summed E-state index contributed by atoms with van der Waals surface area (Å²) in [6.45, 7) is 3.72. The topological polar surface area (TPSA) is 45.9 Å². The van der Waals surface area contributed by atoms with Gasteiger partial charge in [-0.15, -0.1) is 0 Å². The highest BCUT2D eigenvalue weighted by atomic mass is 16.5. The Morgan fingerprint density at radius 3 is 2.54 bits per heavy atom. The van der Waals surface area contributed by atoms with E-state index in [0.29, 0.717) is 5.88 Å². The van der Waals surface area contributed by atoms with E-state index in [-0.39, 0.29) is 0 Å². The maximum absolute atomic E-state index is 8.86. The standard InChI is InChI=1S/C10H12N2O/c1-10(2,7-11)8-4-5-9(13-3)12-6-8/h4-6H,1-3H3. The van der Waals surface area contributed by atoms with E-state index in [4.69, 9.17) is 10.00 Å². The van der Waals surface area contributed by atoms with E-state index in [1.807, 2.05) is 19.9 Å². The Bertz CT molecular complexity index is 322. The number of pyridine rings is 1. The second-order valence-electron chi connectivity index (χ2n) is 3.33. The predicted molar refractivity (Wildman–Crippen MR) is 49.4 cm³/mol. The number of hydrogen-bond acceptors (Lipinski definition) is 3. The lowest BCUT2D eigenvalue weighted by Gasteiger charge is -2.14. The fourth-order valence-corrected chi connectivity index (χ4v) is 0.935. The molecule has 0 atom stereocenters. The Morgan fingerprint density at radius 2 is 2.15 bits per heavy atom. The maximum Gasteiger partial charge on any atom is 0.212 e. The summed E-state index contributed by atoms with van der Waals surface area (Å²) in [5, 5.41) is 8.86. The van der Waals surface area contributed by atoms with E-state index in [9.17, 15) is 0 Å². The van der Waals surface area contributed by atoms with Gasteiger partial charge in [0.25, 0.3) is 0 Å². The average molecular weight is 176 g/mol. The molecule has 0 saturated heterocycles. The molecule has 3 heteroatoms. The molecule has 0 unspecified atom stereocenters. The van der Waals surface area contributed by atoms with Crippen molar-refractivity contribution in [3.8, 4) is 11.9 Å². The van der Waals surface area contributed by atoms with Crippen LogP contribution in [0, 0.1) is 11.3 Å². The molecule has 0 aliphatic rings. The molecule has 0 fully saturated rings. The summed E-state index contributed by atoms with van der Waals surface area (Å²) in [7, 11) is 1.57. The van der Waals surface area contributed by atoms with Gasteiger partial charge in [0.15, 0.2) is 0 Å². The highest BCUT2D eigenvalue weighted by molar-refractivity contribution is 5.29. The number of hydrogen-bond donors (Lipinski definition) is 0. The smallest absolute Gasteiger partial charge is 0.212 e. The van der Waals surface area contributed by atoms with Gasteiger partial charge in [-0.05, 0) is 19.4 Å². The Kier molecular flexibility index (Phi) is 2.52. The Morgan fingerprint density at radius 1 is 1.46 bits per heavy atom. The van der Waals surface area contributed by atoms with Crippen molar-refractivity contribution in [1.82, 2.24) is 4.98 Å². The first-order valence-electron chi connectivity index (χ1n) is 4.02. The number of nitrogens with zero attached hydrogens (tertiary/aromatic N) is 2. The van der Waals surface area contributed by atoms with Gasteiger partial charge in [0.2, 0.25) is 5.88 Å². The molecule has 0 saturated carbocycles. The molecule has 0 aliphatic carbocycles. The Balaban J connectivity index is 3.00. The molecule has 1 aromatic heterocycles. The third kappa shape index (κ3) is 1.97. The Labute approximate surface area is 78.0 Å². The van der Waals surface area contributed by atoms with Crippen molar-refractivity contribution < 1.29 is 4.74 Å². The van der Waals surface area contributed by atoms with Crippen LogP contribution in [-0.4, -0.2) is 12.1 Å². The van der Waals surface area contributed by atoms with E-state index in [2.05, 4.69) is 11.1 Å². The molecule has 1 heterocycles. The fraction of sp³-hybridized carbons (Fsp3) is 0.400. The van der Waals surface area contributed by atoms with Gasteiger partial charge in [-0.25, -0.2) is 4.98 Å². The normalized spacial score (nSPS) is 10.6. The summed E-state index contributed by atoms with van der Waals surface area (Å²) < 4.78 is 4.92. The molecule has 13 heavy (non-hydrogen) atoms. The summed E-state index contributed by atoms with van der Waals surface area (Å²) in [6.07, 6.45) is 1.67. The van der Waals surface area contributed by atoms with Gasteiger partial charge in [-0.1, -0.05) is 6.07 Å². The van der Waals surface area contributed by atoms with Crippen molar-refractivity contribution in [3.63, 3.8) is 0 Å². The van der Waals surface area contributed by atoms with Gasteiger partial charge in [0, 0.05) is 12.3 Å². The van der Waals surface area contributed by atoms with Crippen LogP contribution in [0.4, 0.5) is 0 Å². The van der Waals surface area contributed by atoms with Crippen molar-refractivity contribution in [3.05, 3.63) is 23.9 Å². The quantitative estimate of drug-likeness (QED) is 0.691. The van der Waals surface area contributed by atoms with Crippen molar-refractivity contribution in [2.75, 3.05) is 7.11 Å². The van der Waals surface area contributed by atoms with Gasteiger partial charge in [-0.3, -0.25) is 0 Å². The van der Waals surface area contributed by atoms with Gasteiger partial charge < -0.3 is 4.74 Å². The lowest BCUT2D eigenvalue weighted by Crippen LogP contribution is -2.13. The molecule has 0 spiro atoms. The van der Waals surface area contributed by atoms with Crippen LogP contribution in [0.2, 0.25) is 0 Å². The van der Waals surface area contributed by atoms with Crippen molar-refractivity contribution >= 4 is 0 Å². The first-order chi connectivity index (χ1) is 6.10. The van der Waals surface area contributed by atoms with E-state index < -0.39 is 5.41 Å². The van der Waals surface area contributed by atoms with E-state index >= 15 is 0 Å². The van der Waals surface area contributed by atoms with Crippen molar-refractivity contribution in [1.29, 1.82) is 5.26 Å². The molecule has 0 radical (unpaired) electrons. The molecule has 0 aromatic carbocycles. The second kappa shape index (κ2) is 3.44. The number of ether oxygens (including phenoxy) is 1. The molecular formula is C10H12N2O. The van der Waals surface area contributed by atoms with Gasteiger partial charge >= 0.3 is 0 Å². The molecule has 1 rings (SSSR count). The third-order valence-corrected chi connectivity index (χ3v) is 1.95. The summed E-state index contributed by atoms with van der Waals surface area (Å²) in [4.78, 5) is 4.04. The first kappa shape index (κ1) is 9.53. The zero-order chi connectivity index (χ0) is 9.90.